The van der Waals surface area contributed by atoms with Crippen LogP contribution in [0.5, 0.6) is 0 Å². The number of imidazole rings is 1. The summed E-state index contributed by atoms with van der Waals surface area (Å²) >= 11 is 0. The van der Waals surface area contributed by atoms with Crippen molar-refractivity contribution in [1.82, 2.24) is 9.55 Å². The normalized spacial score (nSPS) is 42.0. The summed E-state index contributed by atoms with van der Waals surface area (Å²) < 4.78 is 7.81. The van der Waals surface area contributed by atoms with Gasteiger partial charge in [0.2, 0.25) is 0 Å². The van der Waals surface area contributed by atoms with E-state index in [1.807, 2.05) is 12.5 Å². The van der Waals surface area contributed by atoms with E-state index in [1.54, 1.807) is 5.57 Å². The molecule has 0 amide bonds. The van der Waals surface area contributed by atoms with Crippen molar-refractivity contribution in [2.45, 2.75) is 71.8 Å². The Kier molecular flexibility index (Phi) is 4.12. The standard InChI is InChI=1S/C24H32N2O2/c1-16(27)28-18-8-10-23(2)17(14-18)4-5-19-20-6-7-22(26-13-12-25-15-26)24(20,3)11-9-21(19)23/h4,7,12-13,15,18-21H,5-6,8-11,14H2,1-3H3/t18-,19?,20?,21?,23-,24-/m0/s1. The molecule has 2 fully saturated rings. The zero-order valence-corrected chi connectivity index (χ0v) is 17.4. The molecule has 2 saturated carbocycles. The third-order valence-corrected chi connectivity index (χ3v) is 8.71. The fraction of sp³-hybridized carbons (Fsp3) is 0.667. The highest BCUT2D eigenvalue weighted by Crippen LogP contribution is 2.65. The fourth-order valence-corrected chi connectivity index (χ4v) is 7.31. The number of aromatic nitrogens is 2. The number of ether oxygens (including phenoxy) is 1. The van der Waals surface area contributed by atoms with Crippen LogP contribution in [0.2, 0.25) is 0 Å². The smallest absolute Gasteiger partial charge is 0.302 e. The van der Waals surface area contributed by atoms with Gasteiger partial charge < -0.3 is 9.30 Å². The Hall–Kier alpha value is -1.84. The minimum absolute atomic E-state index is 0.0863. The summed E-state index contributed by atoms with van der Waals surface area (Å²) in [5.41, 5.74) is 3.58. The Balaban J connectivity index is 1.41. The number of carbonyl (C=O) groups excluding carboxylic acids is 1. The number of rotatable bonds is 2. The summed E-state index contributed by atoms with van der Waals surface area (Å²) in [7, 11) is 0. The van der Waals surface area contributed by atoms with E-state index in [9.17, 15) is 4.79 Å². The maximum absolute atomic E-state index is 11.4. The summed E-state index contributed by atoms with van der Waals surface area (Å²) in [5.74, 6) is 2.11. The molecule has 0 N–H and O–H groups in total. The molecule has 4 nitrogen and oxygen atoms in total. The van der Waals surface area contributed by atoms with Crippen molar-refractivity contribution < 1.29 is 9.53 Å². The van der Waals surface area contributed by atoms with E-state index in [0.717, 1.165) is 37.0 Å². The van der Waals surface area contributed by atoms with E-state index in [-0.39, 0.29) is 17.5 Å². The molecular formula is C24H32N2O2. The van der Waals surface area contributed by atoms with Crippen molar-refractivity contribution in [3.63, 3.8) is 0 Å². The average Bonchev–Trinajstić information content (AvgIpc) is 3.28. The second-order valence-corrected chi connectivity index (χ2v) is 9.98. The summed E-state index contributed by atoms with van der Waals surface area (Å²) in [4.78, 5) is 15.7. The molecule has 1 heterocycles. The minimum atomic E-state index is -0.139. The van der Waals surface area contributed by atoms with Gasteiger partial charge in [0.15, 0.2) is 0 Å². The van der Waals surface area contributed by atoms with Crippen LogP contribution in [0.15, 0.2) is 36.4 Å². The molecule has 6 atom stereocenters. The SMILES string of the molecule is CC(=O)O[C@H]1CC[C@@]2(C)C(=CCC3C2CC[C@]2(C)C(n4ccnc4)=CCC32)C1. The third kappa shape index (κ3) is 2.56. The van der Waals surface area contributed by atoms with Gasteiger partial charge in [0, 0.05) is 36.9 Å². The molecule has 1 aromatic rings. The van der Waals surface area contributed by atoms with Crippen molar-refractivity contribution in [3.8, 4) is 0 Å². The molecule has 0 radical (unpaired) electrons. The monoisotopic (exact) mass is 380 g/mol. The second kappa shape index (κ2) is 6.33. The number of allylic oxidation sites excluding steroid dienone is 3. The summed E-state index contributed by atoms with van der Waals surface area (Å²) in [6.07, 6.45) is 19.1. The molecule has 0 aliphatic heterocycles. The quantitative estimate of drug-likeness (QED) is 0.521. The van der Waals surface area contributed by atoms with Crippen LogP contribution >= 0.6 is 0 Å². The molecule has 0 bridgehead atoms. The van der Waals surface area contributed by atoms with Crippen molar-refractivity contribution in [2.24, 2.45) is 28.6 Å². The highest BCUT2D eigenvalue weighted by molar-refractivity contribution is 5.66. The van der Waals surface area contributed by atoms with Gasteiger partial charge in [-0.25, -0.2) is 4.98 Å². The first kappa shape index (κ1) is 18.2. The predicted molar refractivity (Wildman–Crippen MR) is 109 cm³/mol. The Morgan fingerprint density at radius 1 is 1.14 bits per heavy atom. The van der Waals surface area contributed by atoms with Gasteiger partial charge in [-0.3, -0.25) is 4.79 Å². The van der Waals surface area contributed by atoms with Crippen molar-refractivity contribution in [2.75, 3.05) is 0 Å². The van der Waals surface area contributed by atoms with Gasteiger partial charge in [-0.1, -0.05) is 31.6 Å². The van der Waals surface area contributed by atoms with E-state index < -0.39 is 0 Å². The van der Waals surface area contributed by atoms with E-state index >= 15 is 0 Å². The summed E-state index contributed by atoms with van der Waals surface area (Å²) in [6.45, 7) is 6.53. The van der Waals surface area contributed by atoms with Crippen LogP contribution in [0.4, 0.5) is 0 Å². The zero-order chi connectivity index (χ0) is 19.5. The average molecular weight is 381 g/mol. The summed E-state index contributed by atoms with van der Waals surface area (Å²) in [5, 5.41) is 0. The maximum Gasteiger partial charge on any atom is 0.302 e. The lowest BCUT2D eigenvalue weighted by Gasteiger charge is -2.57. The molecule has 4 aliphatic carbocycles. The Morgan fingerprint density at radius 2 is 1.96 bits per heavy atom. The van der Waals surface area contributed by atoms with E-state index in [1.165, 1.54) is 38.3 Å². The molecule has 3 unspecified atom stereocenters. The van der Waals surface area contributed by atoms with Crippen LogP contribution in [-0.4, -0.2) is 21.6 Å². The van der Waals surface area contributed by atoms with E-state index in [2.05, 4.69) is 41.7 Å². The zero-order valence-electron chi connectivity index (χ0n) is 17.4. The molecular weight excluding hydrogens is 348 g/mol. The van der Waals surface area contributed by atoms with Gasteiger partial charge in [-0.2, -0.15) is 0 Å². The number of hydrogen-bond donors (Lipinski definition) is 0. The first-order chi connectivity index (χ1) is 13.4. The highest BCUT2D eigenvalue weighted by atomic mass is 16.5. The van der Waals surface area contributed by atoms with Gasteiger partial charge in [0.05, 0.1) is 6.33 Å². The molecule has 4 aliphatic rings. The Bertz CT molecular complexity index is 839. The molecule has 0 spiro atoms. The van der Waals surface area contributed by atoms with Crippen LogP contribution in [0.1, 0.15) is 65.7 Å². The van der Waals surface area contributed by atoms with Crippen molar-refractivity contribution >= 4 is 11.7 Å². The summed E-state index contributed by atoms with van der Waals surface area (Å²) in [6, 6.07) is 0. The van der Waals surface area contributed by atoms with Crippen LogP contribution in [0.25, 0.3) is 5.70 Å². The van der Waals surface area contributed by atoms with Crippen LogP contribution in [-0.2, 0) is 9.53 Å². The van der Waals surface area contributed by atoms with Gasteiger partial charge in [-0.15, -0.1) is 0 Å². The largest absolute Gasteiger partial charge is 0.462 e. The van der Waals surface area contributed by atoms with Gasteiger partial charge in [-0.05, 0) is 61.7 Å². The topological polar surface area (TPSA) is 44.1 Å². The van der Waals surface area contributed by atoms with Crippen molar-refractivity contribution in [3.05, 3.63) is 36.4 Å². The van der Waals surface area contributed by atoms with Crippen LogP contribution in [0.3, 0.4) is 0 Å². The second-order valence-electron chi connectivity index (χ2n) is 9.98. The number of hydrogen-bond acceptors (Lipinski definition) is 3. The van der Waals surface area contributed by atoms with Gasteiger partial charge in [0.1, 0.15) is 6.10 Å². The Labute approximate surface area is 168 Å². The lowest BCUT2D eigenvalue weighted by molar-refractivity contribution is -0.148. The molecule has 4 heteroatoms. The molecule has 1 aromatic heterocycles. The first-order valence-corrected chi connectivity index (χ1v) is 11.0. The maximum atomic E-state index is 11.4. The molecule has 28 heavy (non-hydrogen) atoms. The lowest BCUT2D eigenvalue weighted by atomic mass is 9.48. The first-order valence-electron chi connectivity index (χ1n) is 11.0. The van der Waals surface area contributed by atoms with Crippen molar-refractivity contribution in [1.29, 1.82) is 0 Å². The van der Waals surface area contributed by atoms with Crippen LogP contribution < -0.4 is 0 Å². The number of carbonyl (C=O) groups is 1. The number of esters is 1. The minimum Gasteiger partial charge on any atom is -0.462 e. The molecule has 150 valence electrons. The predicted octanol–water partition coefficient (Wildman–Crippen LogP) is 5.23. The molecule has 5 rings (SSSR count). The molecule has 0 saturated heterocycles. The van der Waals surface area contributed by atoms with E-state index in [0.29, 0.717) is 5.41 Å². The van der Waals surface area contributed by atoms with E-state index in [4.69, 9.17) is 4.74 Å². The van der Waals surface area contributed by atoms with Crippen LogP contribution in [0, 0.1) is 28.6 Å². The van der Waals surface area contributed by atoms with Gasteiger partial charge >= 0.3 is 5.97 Å². The fourth-order valence-electron chi connectivity index (χ4n) is 7.31. The third-order valence-electron chi connectivity index (χ3n) is 8.71. The number of nitrogens with zero attached hydrogens (tertiary/aromatic N) is 2. The van der Waals surface area contributed by atoms with Gasteiger partial charge in [0.25, 0.3) is 0 Å². The Morgan fingerprint density at radius 3 is 2.71 bits per heavy atom. The lowest BCUT2D eigenvalue weighted by Crippen LogP contribution is -2.50. The number of fused-ring (bicyclic) bond motifs is 5. The highest BCUT2D eigenvalue weighted by Gasteiger charge is 2.57. The molecule has 0 aromatic carbocycles.